The predicted octanol–water partition coefficient (Wildman–Crippen LogP) is 2.74. The average Bonchev–Trinajstić information content (AvgIpc) is 3.09. The van der Waals surface area contributed by atoms with E-state index in [-0.39, 0.29) is 25.0 Å². The highest BCUT2D eigenvalue weighted by Gasteiger charge is 2.81. The lowest BCUT2D eigenvalue weighted by Gasteiger charge is -2.63. The van der Waals surface area contributed by atoms with Crippen molar-refractivity contribution in [1.29, 1.82) is 0 Å². The van der Waals surface area contributed by atoms with Crippen molar-refractivity contribution in [3.05, 3.63) is 11.6 Å². The van der Waals surface area contributed by atoms with Crippen LogP contribution in [0.4, 0.5) is 4.39 Å². The van der Waals surface area contributed by atoms with Gasteiger partial charge in [0.2, 0.25) is 0 Å². The fourth-order valence-electron chi connectivity index (χ4n) is 8.22. The van der Waals surface area contributed by atoms with E-state index in [0.29, 0.717) is 19.3 Å². The Balaban J connectivity index is 1.64. The molecule has 0 spiro atoms. The number of carboxylic acid groups (broad SMARTS) is 1. The van der Waals surface area contributed by atoms with Gasteiger partial charge in [0.1, 0.15) is 5.67 Å². The van der Waals surface area contributed by atoms with Crippen molar-refractivity contribution in [2.24, 2.45) is 22.7 Å². The molecule has 1 saturated heterocycles. The predicted molar refractivity (Wildman–Crippen MR) is 109 cm³/mol. The topological polar surface area (TPSA) is 110 Å². The van der Waals surface area contributed by atoms with E-state index in [9.17, 15) is 24.6 Å². The number of carbonyl (C=O) groups is 3. The minimum atomic E-state index is -1.98. The number of aliphatic hydroxyl groups is 1. The van der Waals surface area contributed by atoms with Crippen LogP contribution in [0.1, 0.15) is 66.2 Å². The fraction of sp³-hybridized carbons (Fsp3) is 0.792. The third-order valence-corrected chi connectivity index (χ3v) is 9.57. The van der Waals surface area contributed by atoms with E-state index in [2.05, 4.69) is 0 Å². The smallest absolute Gasteiger partial charge is 0.375 e. The zero-order valence-electron chi connectivity index (χ0n) is 18.9. The van der Waals surface area contributed by atoms with E-state index in [1.165, 1.54) is 0 Å². The Hall–Kier alpha value is -1.64. The highest BCUT2D eigenvalue weighted by atomic mass is 19.1. The van der Waals surface area contributed by atoms with Crippen LogP contribution >= 0.6 is 0 Å². The maximum Gasteiger partial charge on any atom is 0.375 e. The number of ketones is 2. The largest absolute Gasteiger partial charge is 0.475 e. The number of carbonyl (C=O) groups excluding carboxylic acids is 2. The van der Waals surface area contributed by atoms with Gasteiger partial charge in [-0.3, -0.25) is 9.59 Å². The summed E-state index contributed by atoms with van der Waals surface area (Å²) >= 11 is 0. The zero-order chi connectivity index (χ0) is 23.5. The Bertz CT molecular complexity index is 958. The first kappa shape index (κ1) is 22.2. The second kappa shape index (κ2) is 6.27. The maximum atomic E-state index is 17.2. The summed E-state index contributed by atoms with van der Waals surface area (Å²) in [5, 5.41) is 21.1. The van der Waals surface area contributed by atoms with Gasteiger partial charge in [-0.1, -0.05) is 19.4 Å². The molecule has 0 aromatic rings. The first-order chi connectivity index (χ1) is 14.7. The van der Waals surface area contributed by atoms with Gasteiger partial charge in [-0.25, -0.2) is 9.18 Å². The third kappa shape index (κ3) is 2.33. The molecule has 1 aliphatic heterocycles. The number of allylic oxidation sites excluding steroid dienone is 1. The van der Waals surface area contributed by atoms with Crippen LogP contribution in [0.15, 0.2) is 11.6 Å². The molecule has 32 heavy (non-hydrogen) atoms. The monoisotopic (exact) mass is 450 g/mol. The number of hydrogen-bond donors (Lipinski definition) is 2. The van der Waals surface area contributed by atoms with Crippen molar-refractivity contribution in [2.45, 2.75) is 95.5 Å². The number of hydrogen-bond acceptors (Lipinski definition) is 6. The van der Waals surface area contributed by atoms with E-state index < -0.39 is 63.7 Å². The number of halogens is 1. The van der Waals surface area contributed by atoms with Gasteiger partial charge in [-0.2, -0.15) is 0 Å². The lowest BCUT2D eigenvalue weighted by molar-refractivity contribution is -0.251. The van der Waals surface area contributed by atoms with Crippen LogP contribution in [0, 0.1) is 22.7 Å². The quantitative estimate of drug-likeness (QED) is 0.623. The van der Waals surface area contributed by atoms with Crippen molar-refractivity contribution in [3.63, 3.8) is 0 Å². The number of carboxylic acids is 1. The second-order valence-electron chi connectivity index (χ2n) is 11.3. The van der Waals surface area contributed by atoms with Gasteiger partial charge >= 0.3 is 5.97 Å². The van der Waals surface area contributed by atoms with Crippen LogP contribution in [-0.2, 0) is 23.9 Å². The summed E-state index contributed by atoms with van der Waals surface area (Å²) in [4.78, 5) is 37.1. The van der Waals surface area contributed by atoms with Crippen LogP contribution in [0.3, 0.4) is 0 Å². The molecule has 1 heterocycles. The summed E-state index contributed by atoms with van der Waals surface area (Å²) in [6.45, 7) is 6.82. The number of aliphatic carboxylic acids is 1. The van der Waals surface area contributed by atoms with Crippen molar-refractivity contribution in [1.82, 2.24) is 0 Å². The summed E-state index contributed by atoms with van der Waals surface area (Å²) in [6, 6.07) is 0. The Morgan fingerprint density at radius 2 is 1.84 bits per heavy atom. The molecule has 3 saturated carbocycles. The molecule has 0 amide bonds. The van der Waals surface area contributed by atoms with Crippen LogP contribution in [0.5, 0.6) is 0 Å². The molecule has 2 N–H and O–H groups in total. The van der Waals surface area contributed by atoms with Crippen molar-refractivity contribution in [3.8, 4) is 0 Å². The van der Waals surface area contributed by atoms with Gasteiger partial charge in [0.15, 0.2) is 17.2 Å². The number of Topliss-reactive ketones (excluding diaryl/α,β-unsaturated/α-hetero) is 1. The second-order valence-corrected chi connectivity index (χ2v) is 11.3. The SMILES string of the molecule is CC1(C)O[C@@H]2C[C@H]3[C@@H]4CCC5=CC(=O)CC[C@]5(C)[C@@]4(F)[C@@H](O)C[C@]3(C)[C@]2(C(=O)C(=O)O)O1. The molecule has 0 bridgehead atoms. The molecule has 0 radical (unpaired) electrons. The standard InChI is InChI=1S/C24H31FO7/c1-20(2)31-17-10-15-14-6-5-12-9-13(26)7-8-21(12,3)23(14,25)16(27)11-22(15,4)24(17,32-20)18(28)19(29)30/h9,14-17,27H,5-8,10-11H2,1-4H3,(H,29,30)/t14-,15-,16-,17+,21-,22-,23-,24-/m0/s1. The van der Waals surface area contributed by atoms with Crippen LogP contribution < -0.4 is 0 Å². The van der Waals surface area contributed by atoms with E-state index in [1.54, 1.807) is 33.8 Å². The number of aliphatic hydroxyl groups excluding tert-OH is 1. The zero-order valence-corrected chi connectivity index (χ0v) is 18.9. The summed E-state index contributed by atoms with van der Waals surface area (Å²) in [5.74, 6) is -4.90. The molecular formula is C24H31FO7. The van der Waals surface area contributed by atoms with Crippen molar-refractivity contribution < 1.29 is 38.5 Å². The van der Waals surface area contributed by atoms with E-state index >= 15 is 4.39 Å². The van der Waals surface area contributed by atoms with Crippen LogP contribution in [0.2, 0.25) is 0 Å². The molecular weight excluding hydrogens is 419 g/mol. The Labute approximate surface area is 186 Å². The molecule has 5 aliphatic rings. The summed E-state index contributed by atoms with van der Waals surface area (Å²) in [7, 11) is 0. The van der Waals surface area contributed by atoms with Crippen LogP contribution in [-0.4, -0.2) is 57.0 Å². The first-order valence-corrected chi connectivity index (χ1v) is 11.5. The summed E-state index contributed by atoms with van der Waals surface area (Å²) in [5.41, 5.74) is -5.10. The molecule has 0 aromatic heterocycles. The van der Waals surface area contributed by atoms with Gasteiger partial charge in [-0.05, 0) is 57.9 Å². The third-order valence-electron chi connectivity index (χ3n) is 9.57. The molecule has 7 nitrogen and oxygen atoms in total. The molecule has 4 aliphatic carbocycles. The highest BCUT2D eigenvalue weighted by Crippen LogP contribution is 2.72. The maximum absolute atomic E-state index is 17.2. The van der Waals surface area contributed by atoms with Crippen molar-refractivity contribution >= 4 is 17.5 Å². The number of ether oxygens (including phenoxy) is 2. The molecule has 176 valence electrons. The summed E-state index contributed by atoms with van der Waals surface area (Å²) in [6.07, 6.45) is 0.974. The molecule has 4 fully saturated rings. The molecule has 0 aromatic carbocycles. The van der Waals surface area contributed by atoms with Gasteiger partial charge in [-0.15, -0.1) is 0 Å². The van der Waals surface area contributed by atoms with Crippen LogP contribution in [0.25, 0.3) is 0 Å². The van der Waals surface area contributed by atoms with Gasteiger partial charge in [0.25, 0.3) is 5.78 Å². The Kier molecular flexibility index (Phi) is 4.34. The lowest BCUT2D eigenvalue weighted by Crippen LogP contribution is -2.70. The number of alkyl halides is 1. The first-order valence-electron chi connectivity index (χ1n) is 11.5. The number of fused-ring (bicyclic) bond motifs is 7. The molecule has 8 atom stereocenters. The van der Waals surface area contributed by atoms with E-state index in [4.69, 9.17) is 9.47 Å². The Morgan fingerprint density at radius 1 is 1.16 bits per heavy atom. The minimum Gasteiger partial charge on any atom is -0.475 e. The fourth-order valence-corrected chi connectivity index (χ4v) is 8.22. The number of rotatable bonds is 2. The normalized spacial score (nSPS) is 51.2. The minimum absolute atomic E-state index is 0.0138. The summed E-state index contributed by atoms with van der Waals surface area (Å²) < 4.78 is 29.3. The molecule has 5 rings (SSSR count). The molecule has 0 unspecified atom stereocenters. The Morgan fingerprint density at radius 3 is 2.50 bits per heavy atom. The van der Waals surface area contributed by atoms with Gasteiger partial charge in [0.05, 0.1) is 12.2 Å². The van der Waals surface area contributed by atoms with Gasteiger partial charge in [0, 0.05) is 23.2 Å². The highest BCUT2D eigenvalue weighted by molar-refractivity contribution is 6.36. The van der Waals surface area contributed by atoms with E-state index in [1.807, 2.05) is 0 Å². The average molecular weight is 451 g/mol. The van der Waals surface area contributed by atoms with Crippen molar-refractivity contribution in [2.75, 3.05) is 0 Å². The lowest BCUT2D eigenvalue weighted by atomic mass is 9.43. The van der Waals surface area contributed by atoms with E-state index in [0.717, 1.165) is 5.57 Å². The molecule has 8 heteroatoms. The van der Waals surface area contributed by atoms with Gasteiger partial charge < -0.3 is 19.7 Å².